The summed E-state index contributed by atoms with van der Waals surface area (Å²) in [5.41, 5.74) is 6.64. The molecule has 0 radical (unpaired) electrons. The number of aliphatic carboxylic acids is 1. The largest absolute Gasteiger partial charge is 0.489 e. The number of benzene rings is 7. The molecule has 0 bridgehead atoms. The minimum absolute atomic E-state index is 0.00411. The van der Waals surface area contributed by atoms with Crippen molar-refractivity contribution in [1.29, 1.82) is 5.26 Å². The minimum atomic E-state index is -1.31. The van der Waals surface area contributed by atoms with Crippen LogP contribution in [0.15, 0.2) is 146 Å². The van der Waals surface area contributed by atoms with Gasteiger partial charge in [-0.2, -0.15) is 5.26 Å². The first kappa shape index (κ1) is 42.6. The lowest BCUT2D eigenvalue weighted by Crippen LogP contribution is -2.56. The molecule has 322 valence electrons. The van der Waals surface area contributed by atoms with Crippen molar-refractivity contribution in [2.45, 2.75) is 44.2 Å². The normalized spacial score (nSPS) is 15.6. The maximum Gasteiger partial charge on any atom is 0.326 e. The second-order valence-electron chi connectivity index (χ2n) is 15.9. The Labute approximate surface area is 383 Å². The van der Waals surface area contributed by atoms with Gasteiger partial charge < -0.3 is 30.1 Å². The van der Waals surface area contributed by atoms with Crippen molar-refractivity contribution in [3.05, 3.63) is 195 Å². The molecule has 9 rings (SSSR count). The van der Waals surface area contributed by atoms with Crippen LogP contribution in [0.5, 0.6) is 11.5 Å². The van der Waals surface area contributed by atoms with Crippen LogP contribution in [0.3, 0.4) is 0 Å². The predicted octanol–water partition coefficient (Wildman–Crippen LogP) is 9.72. The number of halogens is 2. The lowest BCUT2D eigenvalue weighted by molar-refractivity contribution is -0.142. The van der Waals surface area contributed by atoms with E-state index in [0.29, 0.717) is 66.0 Å². The number of nitrogens with one attached hydrogen (secondary N) is 2. The number of nitriles is 1. The molecule has 3 amide bonds. The highest BCUT2D eigenvalue weighted by Crippen LogP contribution is 2.40. The first-order chi connectivity index (χ1) is 31.5. The standard InChI is InChI=1S/C52H38Cl2N4O7/c53-42-21-12-32(22-43(42)54)29-64-39-19-17-36(18-20-39)48-50(60)56-44-24-37-25-46(58(28-38(37)26-47(44)65-48)51(61)41-7-3-5-35-4-1-2-6-40(35)41)49(59)57-45(52(62)63)23-30-8-13-33(14-9-30)34-15-10-31(27-55)11-16-34/h1-22,24,26,45-46,48H,23,25,28-29H2,(H,56,60)(H,57,59)(H,62,63)/t45-,46?,48?/m0/s1. The predicted molar refractivity (Wildman–Crippen MR) is 247 cm³/mol. The second kappa shape index (κ2) is 18.2. The van der Waals surface area contributed by atoms with Crippen LogP contribution < -0.4 is 20.1 Å². The van der Waals surface area contributed by atoms with Gasteiger partial charge in [-0.25, -0.2) is 4.79 Å². The molecule has 0 spiro atoms. The van der Waals surface area contributed by atoms with E-state index in [0.717, 1.165) is 22.1 Å². The molecule has 0 aliphatic carbocycles. The number of carboxylic acids is 1. The van der Waals surface area contributed by atoms with Gasteiger partial charge in [-0.05, 0) is 98.8 Å². The van der Waals surface area contributed by atoms with Crippen molar-refractivity contribution in [3.63, 3.8) is 0 Å². The SMILES string of the molecule is N#Cc1ccc(-c2ccc(C[C@H](NC(=O)C3Cc4cc5c(cc4CN3C(=O)c3cccc4ccccc34)OC(c3ccc(OCc4ccc(Cl)c(Cl)c4)cc3)C(=O)N5)C(=O)O)cc2)cc1. The van der Waals surface area contributed by atoms with Gasteiger partial charge in [0.05, 0.1) is 27.4 Å². The van der Waals surface area contributed by atoms with Crippen LogP contribution in [0.1, 0.15) is 49.8 Å². The van der Waals surface area contributed by atoms with Gasteiger partial charge in [0, 0.05) is 30.5 Å². The third-order valence-electron chi connectivity index (χ3n) is 11.7. The number of rotatable bonds is 11. The quantitative estimate of drug-likeness (QED) is 0.116. The highest BCUT2D eigenvalue weighted by atomic mass is 35.5. The second-order valence-corrected chi connectivity index (χ2v) is 16.7. The summed E-state index contributed by atoms with van der Waals surface area (Å²) < 4.78 is 12.3. The summed E-state index contributed by atoms with van der Waals surface area (Å²) in [5, 5.41) is 27.7. The molecular formula is C52H38Cl2N4O7. The van der Waals surface area contributed by atoms with Crippen molar-refractivity contribution in [2.24, 2.45) is 0 Å². The molecule has 0 saturated heterocycles. The number of hydrogen-bond donors (Lipinski definition) is 3. The summed E-state index contributed by atoms with van der Waals surface area (Å²) in [6.07, 6.45) is -0.957. The summed E-state index contributed by atoms with van der Waals surface area (Å²) in [4.78, 5) is 56.8. The summed E-state index contributed by atoms with van der Waals surface area (Å²) >= 11 is 12.2. The number of fused-ring (bicyclic) bond motifs is 3. The zero-order valence-corrected chi connectivity index (χ0v) is 36.0. The molecule has 7 aromatic rings. The third-order valence-corrected chi connectivity index (χ3v) is 12.4. The number of ether oxygens (including phenoxy) is 2. The summed E-state index contributed by atoms with van der Waals surface area (Å²) in [5.74, 6) is -1.69. The smallest absolute Gasteiger partial charge is 0.326 e. The van der Waals surface area contributed by atoms with Gasteiger partial charge in [0.2, 0.25) is 12.0 Å². The number of carboxylic acid groups (broad SMARTS) is 1. The molecule has 3 N–H and O–H groups in total. The molecule has 0 saturated carbocycles. The van der Waals surface area contributed by atoms with E-state index < -0.39 is 41.9 Å². The van der Waals surface area contributed by atoms with Gasteiger partial charge in [-0.3, -0.25) is 14.4 Å². The fraction of sp³-hybridized carbons (Fsp3) is 0.135. The fourth-order valence-corrected chi connectivity index (χ4v) is 8.55. The number of anilines is 1. The average molecular weight is 902 g/mol. The van der Waals surface area contributed by atoms with Crippen LogP contribution in [-0.2, 0) is 40.4 Å². The van der Waals surface area contributed by atoms with Gasteiger partial charge in [0.15, 0.2) is 0 Å². The fourth-order valence-electron chi connectivity index (χ4n) is 8.23. The zero-order chi connectivity index (χ0) is 45.2. The Hall–Kier alpha value is -7.65. The van der Waals surface area contributed by atoms with E-state index >= 15 is 0 Å². The van der Waals surface area contributed by atoms with Gasteiger partial charge in [0.1, 0.15) is 30.2 Å². The molecule has 0 aromatic heterocycles. The lowest BCUT2D eigenvalue weighted by atomic mass is 9.90. The molecule has 0 fully saturated rings. The topological polar surface area (TPSA) is 158 Å². The summed E-state index contributed by atoms with van der Waals surface area (Å²) in [6.45, 7) is 0.263. The van der Waals surface area contributed by atoms with E-state index in [1.807, 2.05) is 60.7 Å². The van der Waals surface area contributed by atoms with Gasteiger partial charge >= 0.3 is 5.97 Å². The monoisotopic (exact) mass is 900 g/mol. The van der Waals surface area contributed by atoms with E-state index in [9.17, 15) is 24.3 Å². The third kappa shape index (κ3) is 9.09. The Kier molecular flexibility index (Phi) is 12.0. The molecule has 2 heterocycles. The van der Waals surface area contributed by atoms with E-state index in [4.69, 9.17) is 37.9 Å². The molecule has 7 aromatic carbocycles. The highest BCUT2D eigenvalue weighted by Gasteiger charge is 2.39. The Morgan fingerprint density at radius 2 is 1.54 bits per heavy atom. The van der Waals surface area contributed by atoms with Gasteiger partial charge in [-0.1, -0.05) is 114 Å². The first-order valence-electron chi connectivity index (χ1n) is 20.7. The number of carbonyl (C=O) groups is 4. The average Bonchev–Trinajstić information content (AvgIpc) is 3.33. The number of carbonyl (C=O) groups excluding carboxylic acids is 3. The maximum absolute atomic E-state index is 14.7. The highest BCUT2D eigenvalue weighted by molar-refractivity contribution is 6.42. The molecule has 65 heavy (non-hydrogen) atoms. The molecular weight excluding hydrogens is 863 g/mol. The zero-order valence-electron chi connectivity index (χ0n) is 34.5. The molecule has 11 nitrogen and oxygen atoms in total. The van der Waals surface area contributed by atoms with E-state index in [2.05, 4.69) is 16.7 Å². The van der Waals surface area contributed by atoms with Crippen LogP contribution in [-0.4, -0.2) is 45.8 Å². The Bertz CT molecular complexity index is 3040. The summed E-state index contributed by atoms with van der Waals surface area (Å²) in [7, 11) is 0. The number of nitrogens with zero attached hydrogens (tertiary/aromatic N) is 2. The van der Waals surface area contributed by atoms with Gasteiger partial charge in [-0.15, -0.1) is 0 Å². The molecule has 2 aliphatic rings. The molecule has 3 atom stereocenters. The van der Waals surface area contributed by atoms with Crippen LogP contribution in [0.2, 0.25) is 10.0 Å². The van der Waals surface area contributed by atoms with Crippen LogP contribution in [0, 0.1) is 11.3 Å². The van der Waals surface area contributed by atoms with Crippen molar-refractivity contribution in [2.75, 3.05) is 5.32 Å². The van der Waals surface area contributed by atoms with Crippen molar-refractivity contribution in [1.82, 2.24) is 10.2 Å². The molecule has 13 heteroatoms. The van der Waals surface area contributed by atoms with Crippen LogP contribution >= 0.6 is 23.2 Å². The molecule has 2 unspecified atom stereocenters. The van der Waals surface area contributed by atoms with Crippen LogP contribution in [0.25, 0.3) is 21.9 Å². The maximum atomic E-state index is 14.7. The van der Waals surface area contributed by atoms with Gasteiger partial charge in [0.25, 0.3) is 11.8 Å². The first-order valence-corrected chi connectivity index (χ1v) is 21.5. The number of amides is 3. The van der Waals surface area contributed by atoms with Crippen molar-refractivity contribution in [3.8, 4) is 28.7 Å². The molecule has 2 aliphatic heterocycles. The Balaban J connectivity index is 0.958. The van der Waals surface area contributed by atoms with E-state index in [1.165, 1.54) is 4.90 Å². The van der Waals surface area contributed by atoms with E-state index in [-0.39, 0.29) is 26.0 Å². The number of hydrogen-bond acceptors (Lipinski definition) is 7. The van der Waals surface area contributed by atoms with Crippen molar-refractivity contribution >= 4 is 63.4 Å². The lowest BCUT2D eigenvalue weighted by Gasteiger charge is -2.38. The summed E-state index contributed by atoms with van der Waals surface area (Å²) in [6, 6.07) is 42.9. The van der Waals surface area contributed by atoms with Crippen LogP contribution in [0.4, 0.5) is 5.69 Å². The van der Waals surface area contributed by atoms with Crippen molar-refractivity contribution < 1.29 is 33.8 Å². The Morgan fingerprint density at radius 3 is 2.26 bits per heavy atom. The van der Waals surface area contributed by atoms with E-state index in [1.54, 1.807) is 84.9 Å². The minimum Gasteiger partial charge on any atom is -0.489 e. The Morgan fingerprint density at radius 1 is 0.831 bits per heavy atom.